The molecule has 1 unspecified atom stereocenters. The van der Waals surface area contributed by atoms with Crippen molar-refractivity contribution in [1.29, 1.82) is 0 Å². The first-order valence-corrected chi connectivity index (χ1v) is 10.9. The van der Waals surface area contributed by atoms with Gasteiger partial charge in [-0.2, -0.15) is 0 Å². The van der Waals surface area contributed by atoms with Crippen LogP contribution in [0.2, 0.25) is 0 Å². The fourth-order valence-electron chi connectivity index (χ4n) is 4.33. The van der Waals surface area contributed by atoms with Crippen LogP contribution in [0.3, 0.4) is 0 Å². The number of aliphatic hydroxyl groups excluding tert-OH is 1. The molecule has 1 saturated heterocycles. The molecular weight excluding hydrogens is 432 g/mol. The molecule has 2 aliphatic heterocycles. The Morgan fingerprint density at radius 2 is 1.68 bits per heavy atom. The van der Waals surface area contributed by atoms with Gasteiger partial charge in [0.2, 0.25) is 6.79 Å². The molecule has 172 valence electrons. The number of hydrogen-bond acceptors (Lipinski definition) is 6. The third-order valence-corrected chi connectivity index (χ3v) is 6.10. The molecule has 3 aromatic carbocycles. The summed E-state index contributed by atoms with van der Waals surface area (Å²) in [6.07, 6.45) is 0. The van der Waals surface area contributed by atoms with Crippen LogP contribution in [0.25, 0.3) is 5.76 Å². The number of aliphatic hydroxyl groups is 1. The maximum Gasteiger partial charge on any atom is 0.295 e. The highest BCUT2D eigenvalue weighted by atomic mass is 16.7. The van der Waals surface area contributed by atoms with E-state index in [4.69, 9.17) is 9.47 Å². The SMILES string of the molecule is CN(C)c1ccc(C2/C(=C(\O)c3ccccc3)C(=O)C(=O)N2Cc2ccc3c(c2)OCO3)cc1. The van der Waals surface area contributed by atoms with E-state index in [1.807, 2.05) is 61.5 Å². The summed E-state index contributed by atoms with van der Waals surface area (Å²) in [6.45, 7) is 0.325. The number of benzene rings is 3. The van der Waals surface area contributed by atoms with Crippen molar-refractivity contribution in [2.75, 3.05) is 25.8 Å². The second-order valence-electron chi connectivity index (χ2n) is 8.47. The van der Waals surface area contributed by atoms with Crippen LogP contribution in [0.5, 0.6) is 11.5 Å². The van der Waals surface area contributed by atoms with E-state index in [1.165, 1.54) is 4.90 Å². The largest absolute Gasteiger partial charge is 0.507 e. The zero-order chi connectivity index (χ0) is 23.8. The van der Waals surface area contributed by atoms with Crippen molar-refractivity contribution in [1.82, 2.24) is 4.90 Å². The molecule has 2 heterocycles. The summed E-state index contributed by atoms with van der Waals surface area (Å²) in [5, 5.41) is 11.1. The maximum absolute atomic E-state index is 13.2. The lowest BCUT2D eigenvalue weighted by molar-refractivity contribution is -0.140. The predicted molar refractivity (Wildman–Crippen MR) is 128 cm³/mol. The highest BCUT2D eigenvalue weighted by Crippen LogP contribution is 2.41. The van der Waals surface area contributed by atoms with Gasteiger partial charge in [-0.3, -0.25) is 9.59 Å². The molecule has 0 spiro atoms. The smallest absolute Gasteiger partial charge is 0.295 e. The number of carbonyl (C=O) groups excluding carboxylic acids is 2. The Morgan fingerprint density at radius 1 is 0.971 bits per heavy atom. The van der Waals surface area contributed by atoms with Crippen LogP contribution in [-0.2, 0) is 16.1 Å². The van der Waals surface area contributed by atoms with Crippen molar-refractivity contribution in [2.45, 2.75) is 12.6 Å². The average molecular weight is 456 g/mol. The lowest BCUT2D eigenvalue weighted by Gasteiger charge is -2.26. The number of ether oxygens (including phenoxy) is 2. The molecule has 1 amide bonds. The number of ketones is 1. The molecule has 7 heteroatoms. The molecule has 1 atom stereocenters. The van der Waals surface area contributed by atoms with Gasteiger partial charge in [-0.25, -0.2) is 0 Å². The second kappa shape index (κ2) is 8.59. The summed E-state index contributed by atoms with van der Waals surface area (Å²) in [5.41, 5.74) is 3.08. The lowest BCUT2D eigenvalue weighted by Crippen LogP contribution is -2.29. The van der Waals surface area contributed by atoms with Gasteiger partial charge in [-0.15, -0.1) is 0 Å². The number of carbonyl (C=O) groups is 2. The number of Topliss-reactive ketones (excluding diaryl/α,β-unsaturated/α-hetero) is 1. The zero-order valence-electron chi connectivity index (χ0n) is 18.9. The van der Waals surface area contributed by atoms with Crippen LogP contribution >= 0.6 is 0 Å². The van der Waals surface area contributed by atoms with Crippen LogP contribution in [-0.4, -0.2) is 42.6 Å². The number of nitrogens with zero attached hydrogens (tertiary/aromatic N) is 2. The van der Waals surface area contributed by atoms with E-state index in [-0.39, 0.29) is 24.7 Å². The molecule has 34 heavy (non-hydrogen) atoms. The summed E-state index contributed by atoms with van der Waals surface area (Å²) in [4.78, 5) is 29.9. The fourth-order valence-corrected chi connectivity index (χ4v) is 4.33. The van der Waals surface area contributed by atoms with Crippen molar-refractivity contribution in [3.8, 4) is 11.5 Å². The first-order chi connectivity index (χ1) is 16.4. The Bertz CT molecular complexity index is 1280. The van der Waals surface area contributed by atoms with Gasteiger partial charge in [0.25, 0.3) is 11.7 Å². The molecule has 3 aromatic rings. The molecule has 1 N–H and O–H groups in total. The summed E-state index contributed by atoms with van der Waals surface area (Å²) < 4.78 is 10.8. The monoisotopic (exact) mass is 456 g/mol. The van der Waals surface area contributed by atoms with E-state index in [1.54, 1.807) is 30.3 Å². The maximum atomic E-state index is 13.2. The first kappa shape index (κ1) is 21.6. The zero-order valence-corrected chi connectivity index (χ0v) is 18.9. The number of fused-ring (bicyclic) bond motifs is 1. The minimum Gasteiger partial charge on any atom is -0.507 e. The molecule has 0 radical (unpaired) electrons. The Morgan fingerprint density at radius 3 is 2.38 bits per heavy atom. The third-order valence-electron chi connectivity index (χ3n) is 6.10. The highest BCUT2D eigenvalue weighted by molar-refractivity contribution is 6.46. The lowest BCUT2D eigenvalue weighted by atomic mass is 9.95. The molecule has 0 bridgehead atoms. The summed E-state index contributed by atoms with van der Waals surface area (Å²) in [5.74, 6) is -0.301. The van der Waals surface area contributed by atoms with Crippen LogP contribution in [0, 0.1) is 0 Å². The van der Waals surface area contributed by atoms with Crippen molar-refractivity contribution >= 4 is 23.1 Å². The quantitative estimate of drug-likeness (QED) is 0.354. The molecule has 7 nitrogen and oxygen atoms in total. The van der Waals surface area contributed by atoms with E-state index < -0.39 is 17.7 Å². The molecular formula is C27H24N2O5. The highest BCUT2D eigenvalue weighted by Gasteiger charge is 2.46. The standard InChI is InChI=1S/C27H24N2O5/c1-28(2)20-11-9-18(10-12-20)24-23(25(30)19-6-4-3-5-7-19)26(31)27(32)29(24)15-17-8-13-21-22(14-17)34-16-33-21/h3-14,24,30H,15-16H2,1-2H3/b25-23+. The summed E-state index contributed by atoms with van der Waals surface area (Å²) in [6, 6.07) is 21.1. The number of amides is 1. The first-order valence-electron chi connectivity index (χ1n) is 10.9. The number of likely N-dealkylation sites (tertiary alicyclic amines) is 1. The van der Waals surface area contributed by atoms with E-state index in [0.29, 0.717) is 17.1 Å². The van der Waals surface area contributed by atoms with E-state index >= 15 is 0 Å². The van der Waals surface area contributed by atoms with Crippen LogP contribution in [0.1, 0.15) is 22.7 Å². The second-order valence-corrected chi connectivity index (χ2v) is 8.47. The van der Waals surface area contributed by atoms with Crippen LogP contribution < -0.4 is 14.4 Å². The minimum atomic E-state index is -0.734. The van der Waals surface area contributed by atoms with E-state index in [9.17, 15) is 14.7 Å². The van der Waals surface area contributed by atoms with Gasteiger partial charge in [0.15, 0.2) is 11.5 Å². The average Bonchev–Trinajstić information content (AvgIpc) is 3.42. The Hall–Kier alpha value is -4.26. The number of hydrogen-bond donors (Lipinski definition) is 1. The van der Waals surface area contributed by atoms with Crippen molar-refractivity contribution in [3.63, 3.8) is 0 Å². The van der Waals surface area contributed by atoms with Crippen LogP contribution in [0.15, 0.2) is 78.4 Å². The van der Waals surface area contributed by atoms with E-state index in [2.05, 4.69) is 0 Å². The Kier molecular flexibility index (Phi) is 5.45. The normalized spacial score (nSPS) is 18.4. The van der Waals surface area contributed by atoms with Gasteiger partial charge in [0, 0.05) is 31.9 Å². The number of anilines is 1. The van der Waals surface area contributed by atoms with Gasteiger partial charge in [-0.05, 0) is 35.4 Å². The Labute approximate surface area is 197 Å². The van der Waals surface area contributed by atoms with Crippen molar-refractivity contribution in [2.24, 2.45) is 0 Å². The predicted octanol–water partition coefficient (Wildman–Crippen LogP) is 4.10. The summed E-state index contributed by atoms with van der Waals surface area (Å²) >= 11 is 0. The molecule has 2 aliphatic rings. The van der Waals surface area contributed by atoms with Gasteiger partial charge < -0.3 is 24.4 Å². The van der Waals surface area contributed by atoms with E-state index in [0.717, 1.165) is 16.8 Å². The van der Waals surface area contributed by atoms with Crippen molar-refractivity contribution < 1.29 is 24.2 Å². The molecule has 5 rings (SSSR count). The van der Waals surface area contributed by atoms with Crippen molar-refractivity contribution in [3.05, 3.63) is 95.1 Å². The van der Waals surface area contributed by atoms with Gasteiger partial charge in [-0.1, -0.05) is 48.5 Å². The van der Waals surface area contributed by atoms with Gasteiger partial charge >= 0.3 is 0 Å². The molecule has 0 aliphatic carbocycles. The minimum absolute atomic E-state index is 0.0783. The molecule has 0 aromatic heterocycles. The molecule has 1 fully saturated rings. The van der Waals surface area contributed by atoms with Gasteiger partial charge in [0.1, 0.15) is 5.76 Å². The third kappa shape index (κ3) is 3.75. The van der Waals surface area contributed by atoms with Gasteiger partial charge in [0.05, 0.1) is 11.6 Å². The topological polar surface area (TPSA) is 79.3 Å². The fraction of sp³-hybridized carbons (Fsp3) is 0.185. The van der Waals surface area contributed by atoms with Crippen LogP contribution in [0.4, 0.5) is 5.69 Å². The number of rotatable bonds is 5. The Balaban J connectivity index is 1.60. The summed E-state index contributed by atoms with van der Waals surface area (Å²) in [7, 11) is 3.88. The molecule has 0 saturated carbocycles.